The Morgan fingerprint density at radius 3 is 2.81 bits per heavy atom. The lowest BCUT2D eigenvalue weighted by Gasteiger charge is -2.35. The van der Waals surface area contributed by atoms with E-state index in [1.165, 1.54) is 17.3 Å². The number of amides is 1. The lowest BCUT2D eigenvalue weighted by Crippen LogP contribution is -2.44. The van der Waals surface area contributed by atoms with Gasteiger partial charge >= 0.3 is 0 Å². The van der Waals surface area contributed by atoms with Gasteiger partial charge in [-0.3, -0.25) is 9.89 Å². The summed E-state index contributed by atoms with van der Waals surface area (Å²) in [7, 11) is 0. The van der Waals surface area contributed by atoms with Crippen LogP contribution in [-0.2, 0) is 6.42 Å². The second-order valence-electron chi connectivity index (χ2n) is 6.44. The van der Waals surface area contributed by atoms with E-state index in [0.29, 0.717) is 21.7 Å². The van der Waals surface area contributed by atoms with Crippen LogP contribution in [0.3, 0.4) is 0 Å². The Hall–Kier alpha value is -2.14. The first-order valence-electron chi connectivity index (χ1n) is 8.23. The summed E-state index contributed by atoms with van der Waals surface area (Å²) < 4.78 is 53.5. The van der Waals surface area contributed by atoms with Gasteiger partial charge in [0.1, 0.15) is 11.0 Å². The largest absolute Gasteiger partial charge is 0.387 e. The summed E-state index contributed by atoms with van der Waals surface area (Å²) in [5.41, 5.74) is 6.62. The SMILES string of the molecule is NC(=O)c1sc(-c2cn[nH]c2)c2c1N(CCC[C@H](O)C(F)F)CC(F)(F)C2. The van der Waals surface area contributed by atoms with Gasteiger partial charge in [0, 0.05) is 35.2 Å². The van der Waals surface area contributed by atoms with Crippen molar-refractivity contribution in [3.8, 4) is 10.4 Å². The number of halogens is 4. The van der Waals surface area contributed by atoms with Crippen LogP contribution in [0.2, 0.25) is 0 Å². The zero-order chi connectivity index (χ0) is 19.8. The van der Waals surface area contributed by atoms with Gasteiger partial charge in [0.2, 0.25) is 0 Å². The number of anilines is 1. The number of hydrogen-bond donors (Lipinski definition) is 3. The fraction of sp³-hybridized carbons (Fsp3) is 0.500. The summed E-state index contributed by atoms with van der Waals surface area (Å²) in [4.78, 5) is 13.8. The van der Waals surface area contributed by atoms with Crippen LogP contribution in [-0.4, -0.2) is 52.8 Å². The highest BCUT2D eigenvalue weighted by Gasteiger charge is 2.42. The Bertz CT molecular complexity index is 810. The summed E-state index contributed by atoms with van der Waals surface area (Å²) >= 11 is 1.01. The molecule has 2 aromatic rings. The first-order valence-corrected chi connectivity index (χ1v) is 9.05. The third-order valence-corrected chi connectivity index (χ3v) is 5.64. The molecule has 148 valence electrons. The molecule has 6 nitrogen and oxygen atoms in total. The number of hydrogen-bond acceptors (Lipinski definition) is 5. The van der Waals surface area contributed by atoms with Crippen LogP contribution in [0.1, 0.15) is 28.1 Å². The molecular weight excluding hydrogens is 388 g/mol. The summed E-state index contributed by atoms with van der Waals surface area (Å²) in [6.07, 6.45) is -2.42. The van der Waals surface area contributed by atoms with Gasteiger partial charge in [0.05, 0.1) is 18.4 Å². The number of rotatable bonds is 7. The fourth-order valence-electron chi connectivity index (χ4n) is 3.21. The van der Waals surface area contributed by atoms with Crippen LogP contribution in [0.25, 0.3) is 10.4 Å². The normalized spacial score (nSPS) is 17.2. The van der Waals surface area contributed by atoms with E-state index in [-0.39, 0.29) is 24.3 Å². The number of nitrogens with two attached hydrogens (primary N) is 1. The quantitative estimate of drug-likeness (QED) is 0.616. The number of fused-ring (bicyclic) bond motifs is 1. The Morgan fingerprint density at radius 2 is 2.22 bits per heavy atom. The second-order valence-corrected chi connectivity index (χ2v) is 7.46. The first kappa shape index (κ1) is 19.6. The summed E-state index contributed by atoms with van der Waals surface area (Å²) in [6, 6.07) is 0. The Kier molecular flexibility index (Phi) is 5.43. The zero-order valence-electron chi connectivity index (χ0n) is 14.1. The predicted octanol–water partition coefficient (Wildman–Crippen LogP) is 2.64. The van der Waals surface area contributed by atoms with E-state index in [1.54, 1.807) is 0 Å². The first-order chi connectivity index (χ1) is 12.7. The third-order valence-electron chi connectivity index (χ3n) is 4.36. The maximum Gasteiger partial charge on any atom is 0.269 e. The van der Waals surface area contributed by atoms with Crippen molar-refractivity contribution < 1.29 is 27.5 Å². The number of nitrogens with zero attached hydrogens (tertiary/aromatic N) is 2. The average Bonchev–Trinajstić information content (AvgIpc) is 3.20. The van der Waals surface area contributed by atoms with Gasteiger partial charge in [-0.05, 0) is 12.8 Å². The number of aromatic nitrogens is 2. The van der Waals surface area contributed by atoms with Crippen molar-refractivity contribution in [3.63, 3.8) is 0 Å². The molecule has 4 N–H and O–H groups in total. The molecule has 1 aliphatic heterocycles. The van der Waals surface area contributed by atoms with Gasteiger partial charge in [-0.15, -0.1) is 11.3 Å². The average molecular weight is 406 g/mol. The molecule has 0 bridgehead atoms. The van der Waals surface area contributed by atoms with Crippen molar-refractivity contribution in [1.29, 1.82) is 0 Å². The number of nitrogens with one attached hydrogen (secondary N) is 1. The third kappa shape index (κ3) is 4.08. The molecule has 0 saturated heterocycles. The van der Waals surface area contributed by atoms with Gasteiger partial charge in [-0.1, -0.05) is 0 Å². The van der Waals surface area contributed by atoms with Crippen LogP contribution in [0.15, 0.2) is 12.4 Å². The maximum absolute atomic E-state index is 14.3. The highest BCUT2D eigenvalue weighted by Crippen LogP contribution is 2.47. The number of primary amides is 1. The molecule has 1 aliphatic rings. The molecule has 0 aliphatic carbocycles. The topological polar surface area (TPSA) is 95.2 Å². The summed E-state index contributed by atoms with van der Waals surface area (Å²) in [5, 5.41) is 15.6. The predicted molar refractivity (Wildman–Crippen MR) is 92.5 cm³/mol. The van der Waals surface area contributed by atoms with Gasteiger partial charge in [0.15, 0.2) is 0 Å². The summed E-state index contributed by atoms with van der Waals surface area (Å²) in [5.74, 6) is -3.79. The van der Waals surface area contributed by atoms with Crippen molar-refractivity contribution in [3.05, 3.63) is 22.8 Å². The number of aliphatic hydroxyl groups is 1. The molecule has 3 rings (SSSR count). The van der Waals surface area contributed by atoms with Gasteiger partial charge in [-0.25, -0.2) is 17.6 Å². The van der Waals surface area contributed by atoms with E-state index in [0.717, 1.165) is 11.3 Å². The minimum absolute atomic E-state index is 0.00574. The minimum Gasteiger partial charge on any atom is -0.387 e. The van der Waals surface area contributed by atoms with Gasteiger partial charge in [-0.2, -0.15) is 5.10 Å². The van der Waals surface area contributed by atoms with E-state index in [9.17, 15) is 27.5 Å². The Labute approximate surface area is 156 Å². The van der Waals surface area contributed by atoms with Crippen LogP contribution < -0.4 is 10.6 Å². The van der Waals surface area contributed by atoms with Gasteiger partial charge < -0.3 is 15.7 Å². The van der Waals surface area contributed by atoms with Crippen molar-refractivity contribution in [2.45, 2.75) is 37.7 Å². The highest BCUT2D eigenvalue weighted by atomic mass is 32.1. The maximum atomic E-state index is 14.3. The highest BCUT2D eigenvalue weighted by molar-refractivity contribution is 7.18. The number of aromatic amines is 1. The number of aliphatic hydroxyl groups excluding tert-OH is 1. The van der Waals surface area contributed by atoms with Crippen LogP contribution in [0, 0.1) is 0 Å². The monoisotopic (exact) mass is 406 g/mol. The van der Waals surface area contributed by atoms with Crippen molar-refractivity contribution in [2.24, 2.45) is 5.73 Å². The molecular formula is C16H18F4N4O2S. The van der Waals surface area contributed by atoms with E-state index >= 15 is 0 Å². The molecule has 1 atom stereocenters. The second kappa shape index (κ2) is 7.47. The molecule has 3 heterocycles. The number of carbonyl (C=O) groups excluding carboxylic acids is 1. The molecule has 27 heavy (non-hydrogen) atoms. The number of carbonyl (C=O) groups is 1. The van der Waals surface area contributed by atoms with Gasteiger partial charge in [0.25, 0.3) is 18.3 Å². The Balaban J connectivity index is 1.95. The Morgan fingerprint density at radius 1 is 1.48 bits per heavy atom. The zero-order valence-corrected chi connectivity index (χ0v) is 14.9. The number of thiophene rings is 1. The molecule has 0 radical (unpaired) electrons. The molecule has 2 aromatic heterocycles. The van der Waals surface area contributed by atoms with E-state index in [1.807, 2.05) is 0 Å². The van der Waals surface area contributed by atoms with E-state index < -0.39 is 37.3 Å². The van der Waals surface area contributed by atoms with Crippen LogP contribution in [0.4, 0.5) is 23.2 Å². The molecule has 0 aromatic carbocycles. The molecule has 0 fully saturated rings. The fourth-order valence-corrected chi connectivity index (χ4v) is 4.39. The number of H-pyrrole nitrogens is 1. The van der Waals surface area contributed by atoms with Crippen molar-refractivity contribution in [1.82, 2.24) is 10.2 Å². The van der Waals surface area contributed by atoms with Crippen molar-refractivity contribution >= 4 is 22.9 Å². The smallest absolute Gasteiger partial charge is 0.269 e. The lowest BCUT2D eigenvalue weighted by molar-refractivity contribution is -0.0106. The lowest BCUT2D eigenvalue weighted by atomic mass is 9.97. The van der Waals surface area contributed by atoms with Crippen LogP contribution >= 0.6 is 11.3 Å². The van der Waals surface area contributed by atoms with E-state index in [4.69, 9.17) is 5.73 Å². The molecule has 0 saturated carbocycles. The summed E-state index contributed by atoms with van der Waals surface area (Å²) in [6.45, 7) is -0.652. The molecule has 0 unspecified atom stereocenters. The molecule has 0 spiro atoms. The standard InChI is InChI=1S/C16H18F4N4O2S/c17-14(18)10(25)2-1-3-24-7-16(19,20)4-9-11(24)13(15(21)26)27-12(9)8-5-22-23-6-8/h5-6,10,14,25H,1-4,7H2,(H2,21,26)(H,22,23)/t10-/m0/s1. The number of alkyl halides is 4. The van der Waals surface area contributed by atoms with Crippen LogP contribution in [0.5, 0.6) is 0 Å². The molecule has 11 heteroatoms. The minimum atomic E-state index is -3.05. The van der Waals surface area contributed by atoms with Crippen molar-refractivity contribution in [2.75, 3.05) is 18.0 Å². The molecule has 1 amide bonds. The van der Waals surface area contributed by atoms with E-state index in [2.05, 4.69) is 10.2 Å².